The van der Waals surface area contributed by atoms with E-state index in [1.165, 1.54) is 22.5 Å². The highest BCUT2D eigenvalue weighted by atomic mass is 35.5. The number of halogens is 1. The zero-order valence-electron chi connectivity index (χ0n) is 15.1. The lowest BCUT2D eigenvalue weighted by atomic mass is 10.2. The molecule has 0 aromatic heterocycles. The van der Waals surface area contributed by atoms with Crippen LogP contribution in [0.1, 0.15) is 11.1 Å². The van der Waals surface area contributed by atoms with Crippen LogP contribution in [0.4, 0.5) is 0 Å². The van der Waals surface area contributed by atoms with Crippen molar-refractivity contribution in [2.75, 3.05) is 26.3 Å². The first-order chi connectivity index (χ1) is 13.4. The van der Waals surface area contributed by atoms with Crippen molar-refractivity contribution in [1.82, 2.24) is 4.31 Å². The number of esters is 1. The lowest BCUT2D eigenvalue weighted by Gasteiger charge is -2.26. The summed E-state index contributed by atoms with van der Waals surface area (Å²) in [5.74, 6) is -0.526. The summed E-state index contributed by atoms with van der Waals surface area (Å²) >= 11 is 5.90. The number of hydrogen-bond acceptors (Lipinski definition) is 5. The summed E-state index contributed by atoms with van der Waals surface area (Å²) in [7, 11) is -3.59. The molecule has 1 heterocycles. The molecule has 1 fully saturated rings. The second kappa shape index (κ2) is 9.34. The second-order valence-electron chi connectivity index (χ2n) is 6.16. The maximum absolute atomic E-state index is 12.7. The Morgan fingerprint density at radius 2 is 1.89 bits per heavy atom. The molecule has 2 aromatic carbocycles. The van der Waals surface area contributed by atoms with Gasteiger partial charge in [0.05, 0.1) is 18.1 Å². The minimum absolute atomic E-state index is 0.0226. The van der Waals surface area contributed by atoms with E-state index in [2.05, 4.69) is 0 Å². The number of rotatable bonds is 6. The van der Waals surface area contributed by atoms with E-state index in [-0.39, 0.29) is 11.5 Å². The first-order valence-corrected chi connectivity index (χ1v) is 10.5. The lowest BCUT2D eigenvalue weighted by Crippen LogP contribution is -2.40. The SMILES string of the molecule is O=C(/C=C/c1cccc(Cl)c1)OCc1cccc(S(=O)(=O)N2CCOCC2)c1. The summed E-state index contributed by atoms with van der Waals surface area (Å²) in [6, 6.07) is 13.5. The molecule has 0 aliphatic carbocycles. The van der Waals surface area contributed by atoms with E-state index in [1.807, 2.05) is 6.07 Å². The Bertz CT molecular complexity index is 968. The van der Waals surface area contributed by atoms with Gasteiger partial charge in [0, 0.05) is 24.2 Å². The Morgan fingerprint density at radius 1 is 1.14 bits per heavy atom. The second-order valence-corrected chi connectivity index (χ2v) is 8.53. The van der Waals surface area contributed by atoms with E-state index in [1.54, 1.807) is 36.4 Å². The predicted molar refractivity (Wildman–Crippen MR) is 106 cm³/mol. The van der Waals surface area contributed by atoms with Crippen molar-refractivity contribution in [3.63, 3.8) is 0 Å². The van der Waals surface area contributed by atoms with Crippen molar-refractivity contribution in [1.29, 1.82) is 0 Å². The maximum atomic E-state index is 12.7. The molecule has 0 unspecified atom stereocenters. The van der Waals surface area contributed by atoms with Crippen LogP contribution in [0.2, 0.25) is 5.02 Å². The minimum Gasteiger partial charge on any atom is -0.458 e. The highest BCUT2D eigenvalue weighted by Gasteiger charge is 2.26. The fraction of sp³-hybridized carbons (Fsp3) is 0.250. The van der Waals surface area contributed by atoms with Gasteiger partial charge in [0.2, 0.25) is 10.0 Å². The van der Waals surface area contributed by atoms with Crippen molar-refractivity contribution in [3.8, 4) is 0 Å². The third kappa shape index (κ3) is 5.42. The van der Waals surface area contributed by atoms with Crippen molar-refractivity contribution < 1.29 is 22.7 Å². The van der Waals surface area contributed by atoms with E-state index in [9.17, 15) is 13.2 Å². The Kier molecular flexibility index (Phi) is 6.85. The minimum atomic E-state index is -3.59. The van der Waals surface area contributed by atoms with Gasteiger partial charge in [-0.25, -0.2) is 13.2 Å². The van der Waals surface area contributed by atoms with E-state index >= 15 is 0 Å². The van der Waals surface area contributed by atoms with Crippen LogP contribution in [0.15, 0.2) is 59.5 Å². The van der Waals surface area contributed by atoms with Gasteiger partial charge in [-0.15, -0.1) is 0 Å². The van der Waals surface area contributed by atoms with Gasteiger partial charge >= 0.3 is 5.97 Å². The normalized spacial score (nSPS) is 15.6. The van der Waals surface area contributed by atoms with Crippen molar-refractivity contribution in [2.45, 2.75) is 11.5 Å². The Morgan fingerprint density at radius 3 is 2.64 bits per heavy atom. The van der Waals surface area contributed by atoms with E-state index in [0.29, 0.717) is 36.9 Å². The molecule has 0 radical (unpaired) electrons. The lowest BCUT2D eigenvalue weighted by molar-refractivity contribution is -0.138. The Labute approximate surface area is 169 Å². The van der Waals surface area contributed by atoms with Crippen molar-refractivity contribution in [2.24, 2.45) is 0 Å². The summed E-state index contributed by atoms with van der Waals surface area (Å²) in [5, 5.41) is 0.578. The quantitative estimate of drug-likeness (QED) is 0.529. The van der Waals surface area contributed by atoms with Gasteiger partial charge in [-0.05, 0) is 41.5 Å². The number of sulfonamides is 1. The molecule has 0 amide bonds. The first-order valence-electron chi connectivity index (χ1n) is 8.72. The van der Waals surface area contributed by atoms with Gasteiger partial charge in [0.1, 0.15) is 6.61 Å². The number of ether oxygens (including phenoxy) is 2. The third-order valence-electron chi connectivity index (χ3n) is 4.15. The molecule has 28 heavy (non-hydrogen) atoms. The molecule has 148 valence electrons. The zero-order chi connectivity index (χ0) is 20.0. The number of benzene rings is 2. The first kappa shape index (κ1) is 20.5. The molecule has 1 aliphatic heterocycles. The molecule has 0 spiro atoms. The Balaban J connectivity index is 1.62. The van der Waals surface area contributed by atoms with Gasteiger partial charge in [0.25, 0.3) is 0 Å². The summed E-state index contributed by atoms with van der Waals surface area (Å²) in [6.07, 6.45) is 2.91. The van der Waals surface area contributed by atoms with Crippen molar-refractivity contribution in [3.05, 3.63) is 70.8 Å². The molecule has 1 aliphatic rings. The van der Waals surface area contributed by atoms with Gasteiger partial charge < -0.3 is 9.47 Å². The smallest absolute Gasteiger partial charge is 0.331 e. The molecule has 0 saturated carbocycles. The van der Waals surface area contributed by atoms with Crippen LogP contribution in [-0.2, 0) is 30.9 Å². The van der Waals surface area contributed by atoms with Gasteiger partial charge in [0.15, 0.2) is 0 Å². The molecule has 0 bridgehead atoms. The van der Waals surface area contributed by atoms with E-state index in [4.69, 9.17) is 21.1 Å². The molecule has 1 saturated heterocycles. The molecular formula is C20H20ClNO5S. The summed E-state index contributed by atoms with van der Waals surface area (Å²) in [5.41, 5.74) is 1.38. The fourth-order valence-electron chi connectivity index (χ4n) is 2.71. The van der Waals surface area contributed by atoms with E-state index < -0.39 is 16.0 Å². The highest BCUT2D eigenvalue weighted by Crippen LogP contribution is 2.19. The van der Waals surface area contributed by atoms with Crippen LogP contribution in [0.5, 0.6) is 0 Å². The number of nitrogens with zero attached hydrogens (tertiary/aromatic N) is 1. The number of morpholine rings is 1. The molecule has 6 nitrogen and oxygen atoms in total. The van der Waals surface area contributed by atoms with Gasteiger partial charge in [-0.1, -0.05) is 35.9 Å². The van der Waals surface area contributed by atoms with Crippen LogP contribution >= 0.6 is 11.6 Å². The number of hydrogen-bond donors (Lipinski definition) is 0. The molecule has 0 N–H and O–H groups in total. The average molecular weight is 422 g/mol. The number of carbonyl (C=O) groups excluding carboxylic acids is 1. The zero-order valence-corrected chi connectivity index (χ0v) is 16.7. The molecule has 0 atom stereocenters. The number of carbonyl (C=O) groups is 1. The summed E-state index contributed by atoms with van der Waals surface area (Å²) < 4.78 is 37.2. The van der Waals surface area contributed by atoms with Gasteiger partial charge in [-0.3, -0.25) is 0 Å². The predicted octanol–water partition coefficient (Wildman–Crippen LogP) is 3.12. The molecular weight excluding hydrogens is 402 g/mol. The van der Waals surface area contributed by atoms with Crippen LogP contribution in [0, 0.1) is 0 Å². The van der Waals surface area contributed by atoms with Crippen LogP contribution in [-0.4, -0.2) is 45.0 Å². The topological polar surface area (TPSA) is 72.9 Å². The summed E-state index contributed by atoms with van der Waals surface area (Å²) in [4.78, 5) is 12.1. The van der Waals surface area contributed by atoms with Crippen molar-refractivity contribution >= 4 is 33.7 Å². The largest absolute Gasteiger partial charge is 0.458 e. The standard InChI is InChI=1S/C20H20ClNO5S/c21-18-5-1-3-16(13-18)7-8-20(23)27-15-17-4-2-6-19(14-17)28(24,25)22-9-11-26-12-10-22/h1-8,13-14H,9-12,15H2/b8-7+. The molecule has 3 rings (SSSR count). The van der Waals surface area contributed by atoms with Crippen LogP contribution in [0.3, 0.4) is 0 Å². The monoisotopic (exact) mass is 421 g/mol. The molecule has 2 aromatic rings. The van der Waals surface area contributed by atoms with Crippen LogP contribution < -0.4 is 0 Å². The third-order valence-corrected chi connectivity index (χ3v) is 6.28. The summed E-state index contributed by atoms with van der Waals surface area (Å²) in [6.45, 7) is 1.40. The van der Waals surface area contributed by atoms with Crippen LogP contribution in [0.25, 0.3) is 6.08 Å². The van der Waals surface area contributed by atoms with E-state index in [0.717, 1.165) is 5.56 Å². The van der Waals surface area contributed by atoms with Gasteiger partial charge in [-0.2, -0.15) is 4.31 Å². The fourth-order valence-corrected chi connectivity index (χ4v) is 4.39. The molecule has 8 heteroatoms. The maximum Gasteiger partial charge on any atom is 0.331 e. The Hall–Kier alpha value is -2.19. The average Bonchev–Trinajstić information content (AvgIpc) is 2.71. The highest BCUT2D eigenvalue weighted by molar-refractivity contribution is 7.89.